The van der Waals surface area contributed by atoms with Gasteiger partial charge in [-0.25, -0.2) is 19.2 Å². The van der Waals surface area contributed by atoms with Crippen LogP contribution >= 0.6 is 22.9 Å². The zero-order valence-electron chi connectivity index (χ0n) is 14.7. The minimum Gasteiger partial charge on any atom is -0.465 e. The van der Waals surface area contributed by atoms with Crippen LogP contribution < -0.4 is 15.4 Å². The number of ether oxygens (including phenoxy) is 1. The van der Waals surface area contributed by atoms with Crippen LogP contribution in [0.4, 0.5) is 20.0 Å². The summed E-state index contributed by atoms with van der Waals surface area (Å²) in [6.07, 6.45) is -1.30. The number of nitrogens with zero attached hydrogens (tertiary/aromatic N) is 3. The first-order valence-corrected chi connectivity index (χ1v) is 8.99. The Kier molecular flexibility index (Phi) is 4.83. The Bertz CT molecular complexity index is 1030. The van der Waals surface area contributed by atoms with Crippen molar-refractivity contribution in [2.75, 3.05) is 10.6 Å². The average molecular weight is 411 g/mol. The van der Waals surface area contributed by atoms with E-state index in [2.05, 4.69) is 9.97 Å². The van der Waals surface area contributed by atoms with Gasteiger partial charge in [-0.05, 0) is 32.9 Å². The molecule has 2 aromatic heterocycles. The van der Waals surface area contributed by atoms with Gasteiger partial charge in [0.1, 0.15) is 21.9 Å². The highest BCUT2D eigenvalue weighted by Gasteiger charge is 2.31. The van der Waals surface area contributed by atoms with Gasteiger partial charge in [-0.2, -0.15) is 0 Å². The van der Waals surface area contributed by atoms with E-state index in [9.17, 15) is 14.3 Å². The van der Waals surface area contributed by atoms with Crippen molar-refractivity contribution in [3.8, 4) is 11.6 Å². The predicted molar refractivity (Wildman–Crippen MR) is 104 cm³/mol. The van der Waals surface area contributed by atoms with Crippen LogP contribution in [0.15, 0.2) is 24.3 Å². The third kappa shape index (κ3) is 3.88. The van der Waals surface area contributed by atoms with Gasteiger partial charge in [-0.3, -0.25) is 4.90 Å². The molecule has 0 aliphatic rings. The first-order chi connectivity index (χ1) is 12.6. The summed E-state index contributed by atoms with van der Waals surface area (Å²) in [5.41, 5.74) is 5.24. The molecule has 1 aromatic carbocycles. The molecule has 0 spiro atoms. The maximum Gasteiger partial charge on any atom is 0.412 e. The Morgan fingerprint density at radius 1 is 1.33 bits per heavy atom. The molecule has 0 bridgehead atoms. The Labute approximate surface area is 163 Å². The fourth-order valence-corrected chi connectivity index (χ4v) is 3.39. The Morgan fingerprint density at radius 2 is 2.04 bits per heavy atom. The van der Waals surface area contributed by atoms with Crippen LogP contribution in [-0.4, -0.2) is 26.7 Å². The number of carboxylic acid groups (broad SMARTS) is 1. The number of aromatic nitrogens is 2. The summed E-state index contributed by atoms with van der Waals surface area (Å²) in [6, 6.07) is 5.50. The molecule has 142 valence electrons. The van der Waals surface area contributed by atoms with E-state index in [1.807, 2.05) is 0 Å². The number of nitrogen functional groups attached to an aromatic ring is 1. The quantitative estimate of drug-likeness (QED) is 0.619. The number of nitrogens with two attached hydrogens (primary N) is 1. The highest BCUT2D eigenvalue weighted by atomic mass is 35.5. The van der Waals surface area contributed by atoms with E-state index in [4.69, 9.17) is 22.1 Å². The molecule has 0 aliphatic carbocycles. The summed E-state index contributed by atoms with van der Waals surface area (Å²) >= 11 is 7.28. The number of pyridine rings is 1. The maximum absolute atomic E-state index is 14.4. The number of anilines is 2. The van der Waals surface area contributed by atoms with Crippen molar-refractivity contribution in [1.82, 2.24) is 9.97 Å². The second-order valence-electron chi connectivity index (χ2n) is 6.65. The molecule has 2 heterocycles. The lowest BCUT2D eigenvalue weighted by Gasteiger charge is -2.33. The van der Waals surface area contributed by atoms with Gasteiger partial charge in [-0.1, -0.05) is 22.9 Å². The number of rotatable bonds is 3. The van der Waals surface area contributed by atoms with Crippen LogP contribution in [0.25, 0.3) is 10.3 Å². The minimum absolute atomic E-state index is 0.0128. The highest BCUT2D eigenvalue weighted by Crippen LogP contribution is 2.37. The van der Waals surface area contributed by atoms with E-state index in [1.165, 1.54) is 17.4 Å². The molecular weight excluding hydrogens is 395 g/mol. The van der Waals surface area contributed by atoms with Crippen molar-refractivity contribution in [1.29, 1.82) is 0 Å². The van der Waals surface area contributed by atoms with Gasteiger partial charge in [0.15, 0.2) is 5.13 Å². The summed E-state index contributed by atoms with van der Waals surface area (Å²) in [6.45, 7) is 4.96. The first kappa shape index (κ1) is 19.1. The second-order valence-corrected chi connectivity index (χ2v) is 8.07. The standard InChI is InChI=1S/C17H16ClFN4O3S/c1-17(2,3)23(16(24)25)11-7-12(8(18)6-9(11)19)26-13-5-4-10-14(22-13)27-15(20)21-10/h4-7H,1-3H3,(H2,20,21)(H,24,25). The van der Waals surface area contributed by atoms with E-state index in [1.54, 1.807) is 32.9 Å². The highest BCUT2D eigenvalue weighted by molar-refractivity contribution is 7.21. The number of hydrogen-bond acceptors (Lipinski definition) is 6. The Hall–Kier alpha value is -2.65. The summed E-state index contributed by atoms with van der Waals surface area (Å²) < 4.78 is 20.1. The predicted octanol–water partition coefficient (Wildman–Crippen LogP) is 5.14. The third-order valence-corrected chi connectivity index (χ3v) is 4.65. The molecule has 7 nitrogen and oxygen atoms in total. The molecule has 27 heavy (non-hydrogen) atoms. The number of halogens is 2. The normalized spacial score (nSPS) is 11.6. The molecule has 0 unspecified atom stereocenters. The average Bonchev–Trinajstić information content (AvgIpc) is 2.89. The molecule has 0 saturated carbocycles. The van der Waals surface area contributed by atoms with Crippen molar-refractivity contribution >= 4 is 50.2 Å². The molecule has 0 radical (unpaired) electrons. The number of benzene rings is 1. The van der Waals surface area contributed by atoms with Gasteiger partial charge < -0.3 is 15.6 Å². The number of carbonyl (C=O) groups is 1. The van der Waals surface area contributed by atoms with Crippen molar-refractivity contribution in [3.63, 3.8) is 0 Å². The van der Waals surface area contributed by atoms with Gasteiger partial charge in [0.25, 0.3) is 0 Å². The fraction of sp³-hybridized carbons (Fsp3) is 0.235. The Balaban J connectivity index is 2.03. The van der Waals surface area contributed by atoms with Crippen molar-refractivity contribution in [2.45, 2.75) is 26.3 Å². The summed E-state index contributed by atoms with van der Waals surface area (Å²) in [5.74, 6) is -0.500. The van der Waals surface area contributed by atoms with Crippen LogP contribution in [0, 0.1) is 5.82 Å². The SMILES string of the molecule is CC(C)(C)N(C(=O)O)c1cc(Oc2ccc3nc(N)sc3n2)c(Cl)cc1F. The van der Waals surface area contributed by atoms with E-state index in [0.29, 0.717) is 15.5 Å². The molecule has 0 aliphatic heterocycles. The monoisotopic (exact) mass is 410 g/mol. The molecule has 3 N–H and O–H groups in total. The zero-order chi connectivity index (χ0) is 19.9. The molecule has 10 heteroatoms. The van der Waals surface area contributed by atoms with Crippen molar-refractivity contribution < 1.29 is 19.0 Å². The largest absolute Gasteiger partial charge is 0.465 e. The summed E-state index contributed by atoms with van der Waals surface area (Å²) in [4.78, 5) is 21.5. The van der Waals surface area contributed by atoms with Crippen LogP contribution in [0.1, 0.15) is 20.8 Å². The molecule has 3 aromatic rings. The summed E-state index contributed by atoms with van der Waals surface area (Å²) in [5, 5.41) is 9.87. The molecule has 0 atom stereocenters. The minimum atomic E-state index is -1.30. The molecule has 0 fully saturated rings. The lowest BCUT2D eigenvalue weighted by molar-refractivity contribution is 0.195. The van der Waals surface area contributed by atoms with Gasteiger partial charge >= 0.3 is 6.09 Å². The van der Waals surface area contributed by atoms with E-state index in [0.717, 1.165) is 11.0 Å². The van der Waals surface area contributed by atoms with E-state index >= 15 is 0 Å². The number of amides is 1. The third-order valence-electron chi connectivity index (χ3n) is 3.57. The topological polar surface area (TPSA) is 102 Å². The lowest BCUT2D eigenvalue weighted by atomic mass is 10.1. The van der Waals surface area contributed by atoms with E-state index in [-0.39, 0.29) is 22.3 Å². The number of hydrogen-bond donors (Lipinski definition) is 2. The molecule has 1 amide bonds. The summed E-state index contributed by atoms with van der Waals surface area (Å²) in [7, 11) is 0. The number of thiazole rings is 1. The Morgan fingerprint density at radius 3 is 2.67 bits per heavy atom. The van der Waals surface area contributed by atoms with Crippen LogP contribution in [-0.2, 0) is 0 Å². The van der Waals surface area contributed by atoms with Gasteiger partial charge in [0, 0.05) is 17.7 Å². The van der Waals surface area contributed by atoms with Crippen LogP contribution in [0.5, 0.6) is 11.6 Å². The van der Waals surface area contributed by atoms with Crippen LogP contribution in [0.2, 0.25) is 5.02 Å². The second kappa shape index (κ2) is 6.82. The first-order valence-electron chi connectivity index (χ1n) is 7.79. The van der Waals surface area contributed by atoms with Crippen LogP contribution in [0.3, 0.4) is 0 Å². The van der Waals surface area contributed by atoms with Gasteiger partial charge in [0.2, 0.25) is 5.88 Å². The smallest absolute Gasteiger partial charge is 0.412 e. The molecule has 0 saturated heterocycles. The van der Waals surface area contributed by atoms with Crippen molar-refractivity contribution in [2.24, 2.45) is 0 Å². The number of fused-ring (bicyclic) bond motifs is 1. The van der Waals surface area contributed by atoms with E-state index < -0.39 is 17.4 Å². The molecular formula is C17H16ClFN4O3S. The fourth-order valence-electron chi connectivity index (χ4n) is 2.51. The lowest BCUT2D eigenvalue weighted by Crippen LogP contribution is -2.45. The van der Waals surface area contributed by atoms with Crippen molar-refractivity contribution in [3.05, 3.63) is 35.1 Å². The molecule has 3 rings (SSSR count). The zero-order valence-corrected chi connectivity index (χ0v) is 16.2. The maximum atomic E-state index is 14.4. The van der Waals surface area contributed by atoms with Gasteiger partial charge in [-0.15, -0.1) is 0 Å². The van der Waals surface area contributed by atoms with Gasteiger partial charge in [0.05, 0.1) is 10.7 Å².